The van der Waals surface area contributed by atoms with E-state index in [0.29, 0.717) is 49.1 Å². The molecule has 2 aliphatic rings. The highest BCUT2D eigenvalue weighted by molar-refractivity contribution is 6.46. The number of benzene rings is 2. The maximum absolute atomic E-state index is 13.2. The van der Waals surface area contributed by atoms with E-state index in [1.54, 1.807) is 42.3 Å². The van der Waals surface area contributed by atoms with Crippen LogP contribution in [0.25, 0.3) is 5.76 Å². The van der Waals surface area contributed by atoms with Gasteiger partial charge in [0.1, 0.15) is 24.7 Å². The Bertz CT molecular complexity index is 1090. The van der Waals surface area contributed by atoms with Crippen molar-refractivity contribution < 1.29 is 28.9 Å². The van der Waals surface area contributed by atoms with Crippen LogP contribution in [0.1, 0.15) is 31.0 Å². The lowest BCUT2D eigenvalue weighted by Crippen LogP contribution is -2.38. The van der Waals surface area contributed by atoms with Gasteiger partial charge in [0, 0.05) is 18.7 Å². The second-order valence-corrected chi connectivity index (χ2v) is 8.15. The molecule has 0 saturated carbocycles. The van der Waals surface area contributed by atoms with E-state index in [1.807, 2.05) is 12.1 Å². The molecule has 2 aliphatic heterocycles. The topological polar surface area (TPSA) is 88.5 Å². The Morgan fingerprint density at radius 1 is 1.06 bits per heavy atom. The van der Waals surface area contributed by atoms with Gasteiger partial charge in [-0.15, -0.1) is 0 Å². The normalized spacial score (nSPS) is 19.1. The third kappa shape index (κ3) is 4.46. The van der Waals surface area contributed by atoms with Crippen molar-refractivity contribution in [1.29, 1.82) is 0 Å². The third-order valence-electron chi connectivity index (χ3n) is 6.34. The number of methoxy groups -OCH3 is 1. The number of fused-ring (bicyclic) bond motifs is 1. The van der Waals surface area contributed by atoms with Crippen molar-refractivity contribution in [3.8, 4) is 17.2 Å². The minimum absolute atomic E-state index is 0.0615. The molecule has 2 heterocycles. The zero-order chi connectivity index (χ0) is 24.2. The van der Waals surface area contributed by atoms with Gasteiger partial charge >= 0.3 is 0 Å². The summed E-state index contributed by atoms with van der Waals surface area (Å²) in [6.07, 6.45) is 0. The average molecular weight is 467 g/mol. The maximum atomic E-state index is 13.2. The summed E-state index contributed by atoms with van der Waals surface area (Å²) in [5.74, 6) is 0.179. The van der Waals surface area contributed by atoms with E-state index in [-0.39, 0.29) is 11.3 Å². The van der Waals surface area contributed by atoms with Gasteiger partial charge in [0.05, 0.1) is 18.7 Å². The van der Waals surface area contributed by atoms with Crippen molar-refractivity contribution in [2.45, 2.75) is 19.9 Å². The van der Waals surface area contributed by atoms with Crippen LogP contribution in [0.5, 0.6) is 17.2 Å². The number of nitrogens with zero attached hydrogens (tertiary/aromatic N) is 2. The SMILES string of the molecule is CCN(CC)CCN1C(=O)C(=O)/C(=C(\O)c2ccc3c(c2)OCCO3)C1c1ccc(OC)cc1. The van der Waals surface area contributed by atoms with Crippen LogP contribution in [0.4, 0.5) is 0 Å². The minimum Gasteiger partial charge on any atom is -0.507 e. The number of carbonyl (C=O) groups excluding carboxylic acids is 2. The van der Waals surface area contributed by atoms with Crippen molar-refractivity contribution in [3.05, 3.63) is 59.2 Å². The Hall–Kier alpha value is -3.52. The lowest BCUT2D eigenvalue weighted by molar-refractivity contribution is -0.140. The number of likely N-dealkylation sites (tertiary alicyclic amines) is 1. The first-order valence-electron chi connectivity index (χ1n) is 11.5. The highest BCUT2D eigenvalue weighted by atomic mass is 16.6. The fourth-order valence-corrected chi connectivity index (χ4v) is 4.38. The molecule has 0 radical (unpaired) electrons. The van der Waals surface area contributed by atoms with Gasteiger partial charge in [-0.25, -0.2) is 0 Å². The molecule has 1 saturated heterocycles. The van der Waals surface area contributed by atoms with E-state index in [0.717, 1.165) is 18.7 Å². The van der Waals surface area contributed by atoms with Gasteiger partial charge < -0.3 is 29.1 Å². The molecule has 8 heteroatoms. The van der Waals surface area contributed by atoms with Gasteiger partial charge in [-0.05, 0) is 49.0 Å². The van der Waals surface area contributed by atoms with Gasteiger partial charge in [-0.2, -0.15) is 0 Å². The van der Waals surface area contributed by atoms with E-state index >= 15 is 0 Å². The highest BCUT2D eigenvalue weighted by Gasteiger charge is 2.46. The van der Waals surface area contributed by atoms with Crippen molar-refractivity contribution in [2.75, 3.05) is 46.5 Å². The first kappa shape index (κ1) is 23.6. The first-order valence-corrected chi connectivity index (χ1v) is 11.5. The number of hydrogen-bond donors (Lipinski definition) is 1. The molecule has 4 rings (SSSR count). The second-order valence-electron chi connectivity index (χ2n) is 8.15. The van der Waals surface area contributed by atoms with Crippen LogP contribution < -0.4 is 14.2 Å². The van der Waals surface area contributed by atoms with Crippen LogP contribution in [0.15, 0.2) is 48.0 Å². The predicted molar refractivity (Wildman–Crippen MR) is 127 cm³/mol. The molecule has 1 amide bonds. The highest BCUT2D eigenvalue weighted by Crippen LogP contribution is 2.41. The fourth-order valence-electron chi connectivity index (χ4n) is 4.38. The largest absolute Gasteiger partial charge is 0.507 e. The molecule has 2 aromatic rings. The monoisotopic (exact) mass is 466 g/mol. The summed E-state index contributed by atoms with van der Waals surface area (Å²) in [5.41, 5.74) is 1.18. The third-order valence-corrected chi connectivity index (χ3v) is 6.34. The summed E-state index contributed by atoms with van der Waals surface area (Å²) in [4.78, 5) is 30.1. The Labute approximate surface area is 199 Å². The van der Waals surface area contributed by atoms with Gasteiger partial charge in [0.15, 0.2) is 11.5 Å². The van der Waals surface area contributed by atoms with Crippen LogP contribution >= 0.6 is 0 Å². The van der Waals surface area contributed by atoms with E-state index < -0.39 is 17.7 Å². The standard InChI is InChI=1S/C26H30N2O6/c1-4-27(5-2)12-13-28-23(17-6-9-19(32-3)10-7-17)22(25(30)26(28)31)24(29)18-8-11-20-21(16-18)34-15-14-33-20/h6-11,16,23,29H,4-5,12-15H2,1-3H3/b24-22-. The molecule has 1 N–H and O–H groups in total. The summed E-state index contributed by atoms with van der Waals surface area (Å²) >= 11 is 0. The summed E-state index contributed by atoms with van der Waals surface area (Å²) < 4.78 is 16.5. The van der Waals surface area contributed by atoms with E-state index in [1.165, 1.54) is 0 Å². The lowest BCUT2D eigenvalue weighted by atomic mass is 9.95. The Morgan fingerprint density at radius 2 is 1.74 bits per heavy atom. The molecule has 180 valence electrons. The van der Waals surface area contributed by atoms with Crippen LogP contribution in [-0.2, 0) is 9.59 Å². The number of amides is 1. The number of carbonyl (C=O) groups is 2. The zero-order valence-corrected chi connectivity index (χ0v) is 19.7. The minimum atomic E-state index is -0.713. The van der Waals surface area contributed by atoms with Crippen molar-refractivity contribution in [2.24, 2.45) is 0 Å². The van der Waals surface area contributed by atoms with E-state index in [9.17, 15) is 14.7 Å². The predicted octanol–water partition coefficient (Wildman–Crippen LogP) is 3.23. The Morgan fingerprint density at radius 3 is 2.38 bits per heavy atom. The van der Waals surface area contributed by atoms with E-state index in [4.69, 9.17) is 14.2 Å². The summed E-state index contributed by atoms with van der Waals surface area (Å²) in [5, 5.41) is 11.3. The summed E-state index contributed by atoms with van der Waals surface area (Å²) in [6, 6.07) is 11.5. The number of likely N-dealkylation sites (N-methyl/N-ethyl adjacent to an activating group) is 1. The quantitative estimate of drug-likeness (QED) is 0.363. The fraction of sp³-hybridized carbons (Fsp3) is 0.385. The van der Waals surface area contributed by atoms with E-state index in [2.05, 4.69) is 18.7 Å². The molecule has 1 unspecified atom stereocenters. The maximum Gasteiger partial charge on any atom is 0.295 e. The molecular formula is C26H30N2O6. The number of hydrogen-bond acceptors (Lipinski definition) is 7. The van der Waals surface area contributed by atoms with Crippen molar-refractivity contribution in [1.82, 2.24) is 9.80 Å². The molecule has 2 aromatic carbocycles. The van der Waals surface area contributed by atoms with Crippen molar-refractivity contribution in [3.63, 3.8) is 0 Å². The number of aliphatic hydroxyl groups excluding tert-OH is 1. The zero-order valence-electron chi connectivity index (χ0n) is 19.7. The first-order chi connectivity index (χ1) is 16.5. The smallest absolute Gasteiger partial charge is 0.295 e. The molecule has 0 aliphatic carbocycles. The van der Waals surface area contributed by atoms with Crippen molar-refractivity contribution >= 4 is 17.4 Å². The van der Waals surface area contributed by atoms with Gasteiger partial charge in [0.2, 0.25) is 0 Å². The van der Waals surface area contributed by atoms with Crippen LogP contribution in [0.2, 0.25) is 0 Å². The summed E-state index contributed by atoms with van der Waals surface area (Å²) in [6.45, 7) is 7.63. The van der Waals surface area contributed by atoms with Crippen LogP contribution in [0, 0.1) is 0 Å². The van der Waals surface area contributed by atoms with Gasteiger partial charge in [-0.1, -0.05) is 26.0 Å². The second kappa shape index (κ2) is 10.2. The number of ketones is 1. The van der Waals surface area contributed by atoms with Gasteiger partial charge in [0.25, 0.3) is 11.7 Å². The van der Waals surface area contributed by atoms with Gasteiger partial charge in [-0.3, -0.25) is 9.59 Å². The van der Waals surface area contributed by atoms with Crippen LogP contribution in [-0.4, -0.2) is 73.1 Å². The number of ether oxygens (including phenoxy) is 3. The molecule has 1 atom stereocenters. The Kier molecular flexibility index (Phi) is 7.07. The molecular weight excluding hydrogens is 436 g/mol. The number of rotatable bonds is 8. The molecule has 8 nitrogen and oxygen atoms in total. The molecule has 1 fully saturated rings. The lowest BCUT2D eigenvalue weighted by Gasteiger charge is -2.28. The van der Waals surface area contributed by atoms with Crippen LogP contribution in [0.3, 0.4) is 0 Å². The number of aliphatic hydroxyl groups is 1. The number of Topliss-reactive ketones (excluding diaryl/α,β-unsaturated/α-hetero) is 1. The summed E-state index contributed by atoms with van der Waals surface area (Å²) in [7, 11) is 1.58. The molecule has 0 spiro atoms. The molecule has 0 aromatic heterocycles. The average Bonchev–Trinajstić information content (AvgIpc) is 3.13. The Balaban J connectivity index is 1.78. The molecule has 0 bridgehead atoms. The molecule has 34 heavy (non-hydrogen) atoms.